The van der Waals surface area contributed by atoms with Gasteiger partial charge in [0.1, 0.15) is 0 Å². The van der Waals surface area contributed by atoms with Crippen LogP contribution < -0.4 is 10.6 Å². The number of aromatic nitrogens is 2. The summed E-state index contributed by atoms with van der Waals surface area (Å²) in [5.41, 5.74) is 10.1. The largest absolute Gasteiger partial charge is 0.377 e. The van der Waals surface area contributed by atoms with E-state index in [1.165, 1.54) is 0 Å². The van der Waals surface area contributed by atoms with E-state index in [1.807, 2.05) is 13.8 Å². The third kappa shape index (κ3) is 2.99. The van der Waals surface area contributed by atoms with Gasteiger partial charge in [-0.25, -0.2) is 4.98 Å². The molecule has 22 heavy (non-hydrogen) atoms. The topological polar surface area (TPSA) is 64.3 Å². The van der Waals surface area contributed by atoms with Crippen molar-refractivity contribution in [1.82, 2.24) is 9.97 Å². The highest BCUT2D eigenvalue weighted by molar-refractivity contribution is 7.19. The van der Waals surface area contributed by atoms with E-state index in [-0.39, 0.29) is 0 Å². The van der Waals surface area contributed by atoms with E-state index in [0.717, 1.165) is 52.4 Å². The number of morpholine rings is 1. The van der Waals surface area contributed by atoms with E-state index in [2.05, 4.69) is 28.9 Å². The molecular formula is C16H22N4OS. The summed E-state index contributed by atoms with van der Waals surface area (Å²) in [6, 6.07) is 4.55. The Morgan fingerprint density at radius 2 is 2.05 bits per heavy atom. The standard InChI is InChI=1S/C16H22N4OS/c1-10-6-13(7-11(2)18-10)15-14(8-17)19-16(22-15)20-4-5-21-9-12(20)3/h6-7,12H,4-5,8-9,17H2,1-3H3/t12-/m0/s1. The second kappa shape index (κ2) is 6.32. The molecule has 2 aromatic heterocycles. The van der Waals surface area contributed by atoms with Crippen LogP contribution in [0, 0.1) is 13.8 Å². The van der Waals surface area contributed by atoms with Gasteiger partial charge < -0.3 is 15.4 Å². The van der Waals surface area contributed by atoms with Crippen molar-refractivity contribution in [3.05, 3.63) is 29.2 Å². The summed E-state index contributed by atoms with van der Waals surface area (Å²) in [6.45, 7) is 9.04. The van der Waals surface area contributed by atoms with Crippen LogP contribution in [0.15, 0.2) is 12.1 Å². The van der Waals surface area contributed by atoms with Crippen molar-refractivity contribution in [3.8, 4) is 10.4 Å². The lowest BCUT2D eigenvalue weighted by atomic mass is 10.1. The maximum atomic E-state index is 5.93. The Balaban J connectivity index is 2.01. The third-order valence-electron chi connectivity index (χ3n) is 3.84. The number of ether oxygens (including phenoxy) is 1. The maximum absolute atomic E-state index is 5.93. The average Bonchev–Trinajstić information content (AvgIpc) is 2.91. The van der Waals surface area contributed by atoms with Gasteiger partial charge in [-0.1, -0.05) is 11.3 Å². The van der Waals surface area contributed by atoms with Crippen molar-refractivity contribution in [1.29, 1.82) is 0 Å². The fourth-order valence-electron chi connectivity index (χ4n) is 2.80. The van der Waals surface area contributed by atoms with Crippen LogP contribution in [-0.2, 0) is 11.3 Å². The van der Waals surface area contributed by atoms with Crippen LogP contribution in [0.3, 0.4) is 0 Å². The van der Waals surface area contributed by atoms with E-state index in [4.69, 9.17) is 15.5 Å². The van der Waals surface area contributed by atoms with Gasteiger partial charge in [-0.2, -0.15) is 0 Å². The molecule has 0 spiro atoms. The lowest BCUT2D eigenvalue weighted by Gasteiger charge is -2.32. The van der Waals surface area contributed by atoms with Crippen LogP contribution in [0.1, 0.15) is 24.0 Å². The Morgan fingerprint density at radius 1 is 1.32 bits per heavy atom. The van der Waals surface area contributed by atoms with Crippen molar-refractivity contribution in [3.63, 3.8) is 0 Å². The minimum atomic E-state index is 0.347. The fraction of sp³-hybridized carbons (Fsp3) is 0.500. The van der Waals surface area contributed by atoms with Crippen LogP contribution in [-0.4, -0.2) is 35.8 Å². The molecule has 1 aliphatic heterocycles. The summed E-state index contributed by atoms with van der Waals surface area (Å²) in [5, 5.41) is 1.04. The summed E-state index contributed by atoms with van der Waals surface area (Å²) in [7, 11) is 0. The molecule has 0 unspecified atom stereocenters. The predicted octanol–water partition coefficient (Wildman–Crippen LogP) is 2.51. The maximum Gasteiger partial charge on any atom is 0.186 e. The van der Waals surface area contributed by atoms with E-state index in [0.29, 0.717) is 12.6 Å². The monoisotopic (exact) mass is 318 g/mol. The Labute approximate surface area is 135 Å². The molecule has 6 heteroatoms. The van der Waals surface area contributed by atoms with E-state index in [1.54, 1.807) is 11.3 Å². The van der Waals surface area contributed by atoms with Gasteiger partial charge in [0.15, 0.2) is 5.13 Å². The Kier molecular flexibility index (Phi) is 4.42. The molecule has 5 nitrogen and oxygen atoms in total. The molecule has 1 saturated heterocycles. The second-order valence-corrected chi connectivity index (χ2v) is 6.71. The molecule has 2 aromatic rings. The molecule has 1 fully saturated rings. The summed E-state index contributed by atoms with van der Waals surface area (Å²) >= 11 is 1.72. The van der Waals surface area contributed by atoms with Crippen LogP contribution in [0.4, 0.5) is 5.13 Å². The molecule has 0 aromatic carbocycles. The van der Waals surface area contributed by atoms with Gasteiger partial charge in [0.2, 0.25) is 0 Å². The lowest BCUT2D eigenvalue weighted by Crippen LogP contribution is -2.43. The lowest BCUT2D eigenvalue weighted by molar-refractivity contribution is 0.0989. The Bertz CT molecular complexity index is 650. The predicted molar refractivity (Wildman–Crippen MR) is 90.3 cm³/mol. The van der Waals surface area contributed by atoms with Crippen LogP contribution in [0.2, 0.25) is 0 Å². The highest BCUT2D eigenvalue weighted by Crippen LogP contribution is 2.36. The first-order valence-corrected chi connectivity index (χ1v) is 8.40. The molecule has 0 amide bonds. The second-order valence-electron chi connectivity index (χ2n) is 5.73. The van der Waals surface area contributed by atoms with Gasteiger partial charge >= 0.3 is 0 Å². The minimum Gasteiger partial charge on any atom is -0.377 e. The number of rotatable bonds is 3. The van der Waals surface area contributed by atoms with Crippen LogP contribution in [0.5, 0.6) is 0 Å². The first kappa shape index (κ1) is 15.4. The van der Waals surface area contributed by atoms with Gasteiger partial charge in [0, 0.05) is 24.5 Å². The van der Waals surface area contributed by atoms with Crippen LogP contribution in [0.25, 0.3) is 10.4 Å². The molecule has 0 bridgehead atoms. The van der Waals surface area contributed by atoms with Gasteiger partial charge in [-0.3, -0.25) is 4.98 Å². The van der Waals surface area contributed by atoms with Crippen molar-refractivity contribution < 1.29 is 4.74 Å². The molecule has 2 N–H and O–H groups in total. The fourth-order valence-corrected chi connectivity index (χ4v) is 4.01. The smallest absolute Gasteiger partial charge is 0.186 e. The zero-order chi connectivity index (χ0) is 15.7. The van der Waals surface area contributed by atoms with Gasteiger partial charge in [0.25, 0.3) is 0 Å². The van der Waals surface area contributed by atoms with Gasteiger partial charge in [-0.05, 0) is 38.5 Å². The van der Waals surface area contributed by atoms with Crippen molar-refractivity contribution in [2.45, 2.75) is 33.4 Å². The molecule has 3 rings (SSSR count). The van der Waals surface area contributed by atoms with Crippen molar-refractivity contribution in [2.24, 2.45) is 5.73 Å². The molecular weight excluding hydrogens is 296 g/mol. The van der Waals surface area contributed by atoms with Crippen molar-refractivity contribution in [2.75, 3.05) is 24.7 Å². The number of anilines is 1. The first-order valence-electron chi connectivity index (χ1n) is 7.58. The normalized spacial score (nSPS) is 18.7. The number of thiazole rings is 1. The number of hydrogen-bond acceptors (Lipinski definition) is 6. The van der Waals surface area contributed by atoms with Gasteiger partial charge in [-0.15, -0.1) is 0 Å². The highest BCUT2D eigenvalue weighted by Gasteiger charge is 2.24. The zero-order valence-corrected chi connectivity index (χ0v) is 14.1. The Hall–Kier alpha value is -1.50. The van der Waals surface area contributed by atoms with E-state index < -0.39 is 0 Å². The number of nitrogens with two attached hydrogens (primary N) is 1. The summed E-state index contributed by atoms with van der Waals surface area (Å²) in [4.78, 5) is 12.7. The molecule has 3 heterocycles. The first-order chi connectivity index (χ1) is 10.6. The highest BCUT2D eigenvalue weighted by atomic mass is 32.1. The number of pyridine rings is 1. The summed E-state index contributed by atoms with van der Waals surface area (Å²) in [6.07, 6.45) is 0. The summed E-state index contributed by atoms with van der Waals surface area (Å²) in [5.74, 6) is 0. The van der Waals surface area contributed by atoms with Crippen LogP contribution >= 0.6 is 11.3 Å². The zero-order valence-electron chi connectivity index (χ0n) is 13.3. The summed E-state index contributed by atoms with van der Waals surface area (Å²) < 4.78 is 5.52. The molecule has 0 radical (unpaired) electrons. The number of aryl methyl sites for hydroxylation is 2. The van der Waals surface area contributed by atoms with Crippen molar-refractivity contribution >= 4 is 16.5 Å². The van der Waals surface area contributed by atoms with E-state index in [9.17, 15) is 0 Å². The molecule has 118 valence electrons. The Morgan fingerprint density at radius 3 is 2.68 bits per heavy atom. The SMILES string of the molecule is Cc1cc(-c2sc(N3CCOC[C@@H]3C)nc2CN)cc(C)n1. The van der Waals surface area contributed by atoms with Gasteiger partial charge in [0.05, 0.1) is 29.8 Å². The third-order valence-corrected chi connectivity index (χ3v) is 5.02. The molecule has 0 aliphatic carbocycles. The molecule has 1 aliphatic rings. The molecule has 1 atom stereocenters. The average molecular weight is 318 g/mol. The minimum absolute atomic E-state index is 0.347. The molecule has 0 saturated carbocycles. The number of nitrogens with zero attached hydrogens (tertiary/aromatic N) is 3. The van der Waals surface area contributed by atoms with E-state index >= 15 is 0 Å². The number of hydrogen-bond donors (Lipinski definition) is 1. The quantitative estimate of drug-likeness (QED) is 0.942.